The minimum atomic E-state index is 0.642. The Morgan fingerprint density at radius 3 is 2.44 bits per heavy atom. The van der Waals surface area contributed by atoms with Crippen LogP contribution in [0, 0.1) is 0 Å². The van der Waals surface area contributed by atoms with Gasteiger partial charge in [-0.15, -0.1) is 6.58 Å². The molecule has 3 rings (SSSR count). The van der Waals surface area contributed by atoms with Crippen LogP contribution >= 0.6 is 23.2 Å². The topological polar surface area (TPSA) is 0 Å². The zero-order chi connectivity index (χ0) is 13.1. The second-order valence-electron chi connectivity index (χ2n) is 4.13. The first-order chi connectivity index (χ1) is 8.69. The van der Waals surface area contributed by atoms with Gasteiger partial charge in [-0.1, -0.05) is 59.6 Å². The van der Waals surface area contributed by atoms with Crippen LogP contribution in [0.25, 0.3) is 11.1 Å². The standard InChI is InChI=1S/C13H8Cl2.C3H6/c14-12-6-5-10-9-4-2-1-3-8(9)7-11(10)13(12)15;1-3-2/h1-6H,7H2;3H,1H2,2H3. The van der Waals surface area contributed by atoms with Crippen molar-refractivity contribution in [3.63, 3.8) is 0 Å². The summed E-state index contributed by atoms with van der Waals surface area (Å²) in [4.78, 5) is 0. The lowest BCUT2D eigenvalue weighted by Gasteiger charge is -2.03. The number of rotatable bonds is 0. The Morgan fingerprint density at radius 2 is 1.72 bits per heavy atom. The lowest BCUT2D eigenvalue weighted by molar-refractivity contribution is 1.26. The maximum atomic E-state index is 6.20. The third kappa shape index (κ3) is 2.31. The average Bonchev–Trinajstić information content (AvgIpc) is 2.74. The highest BCUT2D eigenvalue weighted by atomic mass is 35.5. The molecule has 2 aromatic rings. The molecular formula is C16H14Cl2. The zero-order valence-corrected chi connectivity index (χ0v) is 11.7. The van der Waals surface area contributed by atoms with Crippen LogP contribution in [0.15, 0.2) is 49.1 Å². The molecule has 0 atom stereocenters. The highest BCUT2D eigenvalue weighted by Crippen LogP contribution is 2.42. The van der Waals surface area contributed by atoms with Crippen molar-refractivity contribution in [3.05, 3.63) is 70.2 Å². The minimum absolute atomic E-state index is 0.642. The molecule has 92 valence electrons. The summed E-state index contributed by atoms with van der Waals surface area (Å²) in [5.41, 5.74) is 4.99. The maximum absolute atomic E-state index is 6.20. The van der Waals surface area contributed by atoms with E-state index in [4.69, 9.17) is 23.2 Å². The van der Waals surface area contributed by atoms with E-state index in [1.54, 1.807) is 6.08 Å². The number of hydrogen-bond donors (Lipinski definition) is 0. The molecule has 0 saturated heterocycles. The fraction of sp³-hybridized carbons (Fsp3) is 0.125. The number of allylic oxidation sites excluding steroid dienone is 1. The first-order valence-corrected chi connectivity index (χ1v) is 6.56. The lowest BCUT2D eigenvalue weighted by atomic mass is 10.1. The molecular weight excluding hydrogens is 263 g/mol. The quantitative estimate of drug-likeness (QED) is 0.458. The van der Waals surface area contributed by atoms with Crippen LogP contribution in [0.5, 0.6) is 0 Å². The molecule has 0 heterocycles. The summed E-state index contributed by atoms with van der Waals surface area (Å²) in [5.74, 6) is 0. The van der Waals surface area contributed by atoms with Crippen molar-refractivity contribution < 1.29 is 0 Å². The molecule has 1 aliphatic carbocycles. The Hall–Kier alpha value is -1.24. The summed E-state index contributed by atoms with van der Waals surface area (Å²) in [5, 5.41) is 1.34. The number of fused-ring (bicyclic) bond motifs is 3. The Kier molecular flexibility index (Phi) is 4.11. The second kappa shape index (κ2) is 5.60. The van der Waals surface area contributed by atoms with Gasteiger partial charge in [0.05, 0.1) is 10.0 Å². The zero-order valence-electron chi connectivity index (χ0n) is 10.2. The van der Waals surface area contributed by atoms with Gasteiger partial charge in [-0.3, -0.25) is 0 Å². The van der Waals surface area contributed by atoms with E-state index in [0.29, 0.717) is 10.0 Å². The summed E-state index contributed by atoms with van der Waals surface area (Å²) in [7, 11) is 0. The van der Waals surface area contributed by atoms with Crippen molar-refractivity contribution in [2.75, 3.05) is 0 Å². The molecule has 0 aromatic heterocycles. The largest absolute Gasteiger partial charge is 0.103 e. The SMILES string of the molecule is C=CC.Clc1ccc2c(c1Cl)Cc1ccccc1-2. The molecule has 0 amide bonds. The minimum Gasteiger partial charge on any atom is -0.103 e. The van der Waals surface area contributed by atoms with Gasteiger partial charge in [0.25, 0.3) is 0 Å². The average molecular weight is 277 g/mol. The van der Waals surface area contributed by atoms with Crippen molar-refractivity contribution >= 4 is 23.2 Å². The number of hydrogen-bond acceptors (Lipinski definition) is 0. The van der Waals surface area contributed by atoms with E-state index < -0.39 is 0 Å². The summed E-state index contributed by atoms with van der Waals surface area (Å²) in [6.45, 7) is 5.25. The molecule has 0 aliphatic heterocycles. The van der Waals surface area contributed by atoms with Gasteiger partial charge in [-0.2, -0.15) is 0 Å². The van der Waals surface area contributed by atoms with Crippen LogP contribution in [-0.4, -0.2) is 0 Å². The van der Waals surface area contributed by atoms with Gasteiger partial charge < -0.3 is 0 Å². The molecule has 0 unspecified atom stereocenters. The van der Waals surface area contributed by atoms with E-state index in [1.165, 1.54) is 16.7 Å². The number of benzene rings is 2. The van der Waals surface area contributed by atoms with Gasteiger partial charge in [0.15, 0.2) is 0 Å². The molecule has 0 saturated carbocycles. The molecule has 18 heavy (non-hydrogen) atoms. The summed E-state index contributed by atoms with van der Waals surface area (Å²) in [6.07, 6.45) is 2.64. The predicted octanol–water partition coefficient (Wildman–Crippen LogP) is 5.76. The van der Waals surface area contributed by atoms with Gasteiger partial charge in [0.2, 0.25) is 0 Å². The molecule has 0 bridgehead atoms. The van der Waals surface area contributed by atoms with Crippen molar-refractivity contribution in [2.24, 2.45) is 0 Å². The molecule has 0 nitrogen and oxygen atoms in total. The van der Waals surface area contributed by atoms with Crippen molar-refractivity contribution in [1.82, 2.24) is 0 Å². The van der Waals surface area contributed by atoms with E-state index in [0.717, 1.165) is 12.0 Å². The molecule has 2 aromatic carbocycles. The van der Waals surface area contributed by atoms with Crippen LogP contribution in [0.1, 0.15) is 18.1 Å². The fourth-order valence-corrected chi connectivity index (χ4v) is 2.55. The normalized spacial score (nSPS) is 11.1. The Labute approximate surface area is 118 Å². The van der Waals surface area contributed by atoms with E-state index in [-0.39, 0.29) is 0 Å². The first-order valence-electron chi connectivity index (χ1n) is 5.81. The molecule has 0 radical (unpaired) electrons. The molecule has 2 heteroatoms. The van der Waals surface area contributed by atoms with Crippen LogP contribution in [0.4, 0.5) is 0 Å². The lowest BCUT2D eigenvalue weighted by Crippen LogP contribution is -1.82. The van der Waals surface area contributed by atoms with Crippen LogP contribution in [0.3, 0.4) is 0 Å². The maximum Gasteiger partial charge on any atom is 0.0633 e. The van der Waals surface area contributed by atoms with Gasteiger partial charge in [-0.25, -0.2) is 0 Å². The van der Waals surface area contributed by atoms with Gasteiger partial charge in [-0.05, 0) is 35.2 Å². The van der Waals surface area contributed by atoms with Gasteiger partial charge in [0, 0.05) is 6.42 Å². The van der Waals surface area contributed by atoms with Crippen LogP contribution < -0.4 is 0 Å². The summed E-state index contributed by atoms with van der Waals surface area (Å²) >= 11 is 12.2. The van der Waals surface area contributed by atoms with Gasteiger partial charge >= 0.3 is 0 Å². The van der Waals surface area contributed by atoms with Crippen molar-refractivity contribution in [2.45, 2.75) is 13.3 Å². The summed E-state index contributed by atoms with van der Waals surface area (Å²) in [6, 6.07) is 12.3. The Morgan fingerprint density at radius 1 is 1.06 bits per heavy atom. The Balaban J connectivity index is 0.000000367. The van der Waals surface area contributed by atoms with Crippen molar-refractivity contribution in [3.8, 4) is 11.1 Å². The Bertz CT molecular complexity index is 586. The molecule has 0 fully saturated rings. The van der Waals surface area contributed by atoms with Crippen molar-refractivity contribution in [1.29, 1.82) is 0 Å². The monoisotopic (exact) mass is 276 g/mol. The van der Waals surface area contributed by atoms with Crippen LogP contribution in [0.2, 0.25) is 10.0 Å². The van der Waals surface area contributed by atoms with E-state index in [1.807, 2.05) is 13.0 Å². The first kappa shape index (κ1) is 13.2. The molecule has 0 N–H and O–H groups in total. The van der Waals surface area contributed by atoms with Crippen LogP contribution in [-0.2, 0) is 6.42 Å². The predicted molar refractivity (Wildman–Crippen MR) is 80.6 cm³/mol. The highest BCUT2D eigenvalue weighted by Gasteiger charge is 2.21. The van der Waals surface area contributed by atoms with E-state index in [9.17, 15) is 0 Å². The molecule has 1 aliphatic rings. The van der Waals surface area contributed by atoms with E-state index in [2.05, 4.69) is 36.9 Å². The third-order valence-electron chi connectivity index (χ3n) is 2.87. The number of halogens is 2. The second-order valence-corrected chi connectivity index (χ2v) is 4.91. The van der Waals surface area contributed by atoms with E-state index >= 15 is 0 Å². The highest BCUT2D eigenvalue weighted by molar-refractivity contribution is 6.42. The smallest absolute Gasteiger partial charge is 0.0633 e. The van der Waals surface area contributed by atoms with Gasteiger partial charge in [0.1, 0.15) is 0 Å². The summed E-state index contributed by atoms with van der Waals surface area (Å²) < 4.78 is 0. The fourth-order valence-electron chi connectivity index (χ4n) is 2.15. The molecule has 0 spiro atoms. The third-order valence-corrected chi connectivity index (χ3v) is 3.71.